The summed E-state index contributed by atoms with van der Waals surface area (Å²) in [5, 5.41) is 0.906. The second kappa shape index (κ2) is 11.6. The highest BCUT2D eigenvalue weighted by atomic mass is 16.2. The Hall–Kier alpha value is -3.22. The van der Waals surface area contributed by atoms with E-state index in [2.05, 4.69) is 38.1 Å². The van der Waals surface area contributed by atoms with Crippen LogP contribution < -0.4 is 0 Å². The number of aryl methyl sites for hydroxylation is 1. The van der Waals surface area contributed by atoms with Gasteiger partial charge in [0.25, 0.3) is 0 Å². The fraction of sp³-hybridized carbons (Fsp3) is 0.588. The summed E-state index contributed by atoms with van der Waals surface area (Å²) in [7, 11) is 1.85. The Kier molecular flexibility index (Phi) is 8.27. The topological polar surface area (TPSA) is 79.7 Å². The van der Waals surface area contributed by atoms with Gasteiger partial charge in [-0.2, -0.15) is 0 Å². The average molecular weight is 560 g/mol. The Morgan fingerprint density at radius 2 is 1.88 bits per heavy atom. The van der Waals surface area contributed by atoms with Crippen molar-refractivity contribution in [1.82, 2.24) is 14.4 Å². The highest BCUT2D eigenvalue weighted by Crippen LogP contribution is 2.60. The van der Waals surface area contributed by atoms with Crippen LogP contribution in [0.15, 0.2) is 30.5 Å². The Morgan fingerprint density at radius 3 is 2.59 bits per heavy atom. The molecule has 5 rings (SSSR count). The third kappa shape index (κ3) is 5.77. The van der Waals surface area contributed by atoms with E-state index in [-0.39, 0.29) is 41.4 Å². The van der Waals surface area contributed by atoms with E-state index in [1.165, 1.54) is 5.56 Å². The summed E-state index contributed by atoms with van der Waals surface area (Å²) < 4.78 is 1.95. The van der Waals surface area contributed by atoms with Gasteiger partial charge in [0.2, 0.25) is 11.8 Å². The number of carbonyl (C=O) groups excluding carboxylic acids is 4. The van der Waals surface area contributed by atoms with Crippen LogP contribution in [-0.4, -0.2) is 63.4 Å². The van der Waals surface area contributed by atoms with Crippen molar-refractivity contribution in [3.05, 3.63) is 47.2 Å². The van der Waals surface area contributed by atoms with Gasteiger partial charge in [-0.1, -0.05) is 39.0 Å². The zero-order valence-electron chi connectivity index (χ0n) is 25.4. The summed E-state index contributed by atoms with van der Waals surface area (Å²) in [4.78, 5) is 56.5. The van der Waals surface area contributed by atoms with Gasteiger partial charge in [-0.3, -0.25) is 19.2 Å². The van der Waals surface area contributed by atoms with Gasteiger partial charge in [-0.25, -0.2) is 0 Å². The van der Waals surface area contributed by atoms with E-state index in [1.807, 2.05) is 34.5 Å². The molecule has 0 radical (unpaired) electrons. The van der Waals surface area contributed by atoms with Crippen molar-refractivity contribution in [1.29, 1.82) is 0 Å². The maximum Gasteiger partial charge on any atom is 0.243 e. The molecule has 2 aliphatic heterocycles. The number of benzene rings is 1. The maximum absolute atomic E-state index is 14.1. The van der Waals surface area contributed by atoms with E-state index in [4.69, 9.17) is 0 Å². The minimum Gasteiger partial charge on any atom is -0.345 e. The predicted octanol–water partition coefficient (Wildman–Crippen LogP) is 5.51. The van der Waals surface area contributed by atoms with Gasteiger partial charge >= 0.3 is 0 Å². The number of ketones is 2. The van der Waals surface area contributed by atoms with Crippen LogP contribution in [0.2, 0.25) is 0 Å². The number of hydrogen-bond acceptors (Lipinski definition) is 4. The molecule has 3 aliphatic rings. The lowest BCUT2D eigenvalue weighted by molar-refractivity contribution is -0.139. The van der Waals surface area contributed by atoms with E-state index in [0.29, 0.717) is 43.7 Å². The molecule has 2 fully saturated rings. The van der Waals surface area contributed by atoms with Gasteiger partial charge < -0.3 is 14.4 Å². The number of aromatic nitrogens is 1. The van der Waals surface area contributed by atoms with E-state index < -0.39 is 6.04 Å². The minimum absolute atomic E-state index is 0.0139. The zero-order valence-corrected chi connectivity index (χ0v) is 25.4. The molecule has 0 unspecified atom stereocenters. The van der Waals surface area contributed by atoms with Crippen LogP contribution in [0.5, 0.6) is 0 Å². The van der Waals surface area contributed by atoms with Gasteiger partial charge in [0.1, 0.15) is 6.54 Å². The second-order valence-corrected chi connectivity index (χ2v) is 13.1. The van der Waals surface area contributed by atoms with Gasteiger partial charge in [0, 0.05) is 55.0 Å². The van der Waals surface area contributed by atoms with Crippen LogP contribution in [-0.2, 0) is 33.8 Å². The van der Waals surface area contributed by atoms with Crippen molar-refractivity contribution >= 4 is 34.3 Å². The van der Waals surface area contributed by atoms with Crippen molar-refractivity contribution in [2.24, 2.45) is 11.3 Å². The van der Waals surface area contributed by atoms with Crippen LogP contribution in [0.25, 0.3) is 10.9 Å². The first-order valence-electron chi connectivity index (χ1n) is 15.4. The lowest BCUT2D eigenvalue weighted by Gasteiger charge is -2.27. The van der Waals surface area contributed by atoms with Crippen LogP contribution >= 0.6 is 0 Å². The molecule has 7 nitrogen and oxygen atoms in total. The number of hydrogen-bond donors (Lipinski definition) is 0. The summed E-state index contributed by atoms with van der Waals surface area (Å²) in [6.07, 6.45) is 12.7. The lowest BCUT2D eigenvalue weighted by Crippen LogP contribution is -2.44. The standard InChI is InChI=1S/C34H45N3O4/c1-6-29(39)28-17-34-18-30(34)37(28)32(41)20-36-19-27(23(4)38)26-16-24(14-13-22(2)3)15-25(33(26)36)11-9-7-8-10-12-31(40)35(5)21-34/h7,9,15-16,19,22,28,30H,6,8,10-14,17-18,20-21H2,1-5H3/b9-7+/t28-,30+,34-/m0/s1. The summed E-state index contributed by atoms with van der Waals surface area (Å²) >= 11 is 0. The van der Waals surface area contributed by atoms with Crippen LogP contribution in [0.1, 0.15) is 94.1 Å². The van der Waals surface area contributed by atoms with Gasteiger partial charge in [0.15, 0.2) is 11.6 Å². The van der Waals surface area contributed by atoms with E-state index in [9.17, 15) is 19.2 Å². The monoisotopic (exact) mass is 559 g/mol. The molecule has 1 saturated heterocycles. The number of amides is 2. The van der Waals surface area contributed by atoms with Crippen LogP contribution in [0.3, 0.4) is 0 Å². The summed E-state index contributed by atoms with van der Waals surface area (Å²) in [6.45, 7) is 8.54. The fourth-order valence-electron chi connectivity index (χ4n) is 7.16. The Labute approximate surface area is 243 Å². The first-order valence-corrected chi connectivity index (χ1v) is 15.4. The molecule has 2 aromatic rings. The molecule has 2 amide bonds. The molecular formula is C34H45N3O4. The molecule has 0 spiro atoms. The van der Waals surface area contributed by atoms with Crippen LogP contribution in [0.4, 0.5) is 0 Å². The average Bonchev–Trinajstić information content (AvgIpc) is 3.32. The lowest BCUT2D eigenvalue weighted by atomic mass is 9.95. The molecule has 1 aromatic heterocycles. The van der Waals surface area contributed by atoms with Crippen LogP contribution in [0, 0.1) is 11.3 Å². The van der Waals surface area contributed by atoms with Crippen molar-refractivity contribution in [3.63, 3.8) is 0 Å². The number of rotatable bonds is 6. The molecule has 1 saturated carbocycles. The molecule has 1 aromatic carbocycles. The molecule has 3 atom stereocenters. The summed E-state index contributed by atoms with van der Waals surface area (Å²) in [5.41, 5.74) is 3.67. The third-order valence-electron chi connectivity index (χ3n) is 9.48. The number of carbonyl (C=O) groups is 4. The maximum atomic E-state index is 14.1. The molecule has 41 heavy (non-hydrogen) atoms. The molecular weight excluding hydrogens is 514 g/mol. The highest BCUT2D eigenvalue weighted by molar-refractivity contribution is 6.08. The van der Waals surface area contributed by atoms with Crippen molar-refractivity contribution in [3.8, 4) is 0 Å². The minimum atomic E-state index is -0.451. The first kappa shape index (κ1) is 29.3. The second-order valence-electron chi connectivity index (χ2n) is 13.1. The quantitative estimate of drug-likeness (QED) is 0.345. The van der Waals surface area contributed by atoms with Crippen molar-refractivity contribution in [2.45, 2.75) is 104 Å². The predicted molar refractivity (Wildman–Crippen MR) is 161 cm³/mol. The van der Waals surface area contributed by atoms with E-state index in [1.54, 1.807) is 6.92 Å². The first-order chi connectivity index (χ1) is 19.5. The van der Waals surface area contributed by atoms with E-state index >= 15 is 0 Å². The largest absolute Gasteiger partial charge is 0.345 e. The fourth-order valence-corrected chi connectivity index (χ4v) is 7.16. The molecule has 3 heterocycles. The van der Waals surface area contributed by atoms with E-state index in [0.717, 1.165) is 48.6 Å². The van der Waals surface area contributed by atoms with Gasteiger partial charge in [-0.15, -0.1) is 0 Å². The van der Waals surface area contributed by atoms with Gasteiger partial charge in [-0.05, 0) is 75.0 Å². The smallest absolute Gasteiger partial charge is 0.243 e. The van der Waals surface area contributed by atoms with Crippen molar-refractivity contribution < 1.29 is 19.2 Å². The molecule has 2 bridgehead atoms. The number of nitrogens with zero attached hydrogens (tertiary/aromatic N) is 3. The highest BCUT2D eigenvalue weighted by Gasteiger charge is 2.67. The normalized spacial score (nSPS) is 25.9. The SMILES string of the molecule is CCC(=O)[C@@H]1C[C@@]23C[C@H]2N1C(=O)Cn1cc(C(C)=O)c2cc(CCC(C)C)cc(c21)C/C=C/CCCC(=O)N(C)C3. The number of Topliss-reactive ketones (excluding diaryl/α,β-unsaturated/α-hetero) is 2. The Bertz CT molecular complexity index is 1400. The molecule has 7 heteroatoms. The number of allylic oxidation sites excluding steroid dienone is 2. The van der Waals surface area contributed by atoms with Gasteiger partial charge in [0.05, 0.1) is 11.6 Å². The Balaban J connectivity index is 1.59. The Morgan fingerprint density at radius 1 is 1.10 bits per heavy atom. The summed E-state index contributed by atoms with van der Waals surface area (Å²) in [6, 6.07) is 3.89. The number of piperidine rings is 1. The molecule has 220 valence electrons. The third-order valence-corrected chi connectivity index (χ3v) is 9.48. The molecule has 0 N–H and O–H groups in total. The van der Waals surface area contributed by atoms with Crippen molar-refractivity contribution in [2.75, 3.05) is 13.6 Å². The summed E-state index contributed by atoms with van der Waals surface area (Å²) in [5.74, 6) is 0.674. The zero-order chi connectivity index (χ0) is 29.5. The molecule has 1 aliphatic carbocycles.